The van der Waals surface area contributed by atoms with Crippen molar-refractivity contribution in [2.24, 2.45) is 7.05 Å². The lowest BCUT2D eigenvalue weighted by Crippen LogP contribution is -2.42. The predicted octanol–water partition coefficient (Wildman–Crippen LogP) is 3.83. The zero-order chi connectivity index (χ0) is 21.3. The van der Waals surface area contributed by atoms with Gasteiger partial charge in [-0.2, -0.15) is 17.9 Å². The summed E-state index contributed by atoms with van der Waals surface area (Å²) in [6.45, 7) is 4.29. The Morgan fingerprint density at radius 3 is 2.38 bits per heavy atom. The van der Waals surface area contributed by atoms with Crippen LogP contribution in [0.3, 0.4) is 0 Å². The number of anilines is 2. The molecule has 5 nitrogen and oxygen atoms in total. The lowest BCUT2D eigenvalue weighted by atomic mass is 10.1. The highest BCUT2D eigenvalue weighted by atomic mass is 19.4. The summed E-state index contributed by atoms with van der Waals surface area (Å²) in [5.41, 5.74) is 9.32. The number of alkyl halides is 3. The van der Waals surface area contributed by atoms with E-state index in [0.29, 0.717) is 17.8 Å². The Kier molecular flexibility index (Phi) is 5.37. The summed E-state index contributed by atoms with van der Waals surface area (Å²) in [6, 6.07) is 10.1. The van der Waals surface area contributed by atoms with Gasteiger partial charge in [-0.25, -0.2) is 0 Å². The first-order chi connectivity index (χ1) is 13.6. The Balaban J connectivity index is 1.79. The fourth-order valence-electron chi connectivity index (χ4n) is 3.03. The van der Waals surface area contributed by atoms with Crippen LogP contribution in [0.4, 0.5) is 24.5 Å². The molecule has 0 unspecified atom stereocenters. The van der Waals surface area contributed by atoms with Crippen molar-refractivity contribution in [1.29, 1.82) is 0 Å². The van der Waals surface area contributed by atoms with Crippen LogP contribution < -0.4 is 15.7 Å². The van der Waals surface area contributed by atoms with Crippen LogP contribution in [0.15, 0.2) is 48.7 Å². The van der Waals surface area contributed by atoms with E-state index < -0.39 is 11.7 Å². The van der Waals surface area contributed by atoms with Gasteiger partial charge in [0.05, 0.1) is 18.3 Å². The number of halogens is 3. The minimum absolute atomic E-state index is 0.298. The van der Waals surface area contributed by atoms with E-state index in [1.807, 2.05) is 48.5 Å². The van der Waals surface area contributed by atoms with Gasteiger partial charge in [0.1, 0.15) is 5.56 Å². The minimum Gasteiger partial charge on any atom is -0.399 e. The number of carbonyl (C=O) groups excluding carboxylic acids is 1. The smallest absolute Gasteiger partial charge is 0.399 e. The minimum atomic E-state index is -4.41. The molecular weight excluding hydrogens is 381 g/mol. The van der Waals surface area contributed by atoms with Crippen LogP contribution in [0.25, 0.3) is 0 Å². The number of nitrogen functional groups attached to an aromatic ring is 1. The summed E-state index contributed by atoms with van der Waals surface area (Å²) in [6.07, 6.45) is -2.69. The monoisotopic (exact) mass is 403 g/mol. The molecule has 8 heteroatoms. The Hall–Kier alpha value is -3.29. The van der Waals surface area contributed by atoms with Crippen molar-refractivity contribution >= 4 is 17.3 Å². The maximum atomic E-state index is 12.7. The zero-order valence-electron chi connectivity index (χ0n) is 16.3. The number of carbonyl (C=O) groups is 1. The van der Waals surface area contributed by atoms with Gasteiger partial charge in [-0.3, -0.25) is 4.79 Å². The van der Waals surface area contributed by atoms with E-state index in [2.05, 4.69) is 5.32 Å². The molecule has 0 bridgehead atoms. The fraction of sp³-hybridized carbons (Fsp3) is 0.238. The number of aryl methyl sites for hydroxylation is 1. The molecule has 0 radical (unpaired) electrons. The maximum Gasteiger partial charge on any atom is 0.416 e. The van der Waals surface area contributed by atoms with E-state index in [1.54, 1.807) is 6.20 Å². The summed E-state index contributed by atoms with van der Waals surface area (Å²) in [5, 5.41) is 2.65. The third kappa shape index (κ3) is 4.42. The van der Waals surface area contributed by atoms with Crippen molar-refractivity contribution in [2.75, 3.05) is 11.1 Å². The van der Waals surface area contributed by atoms with Gasteiger partial charge in [0, 0.05) is 16.9 Å². The average molecular weight is 403 g/mol. The van der Waals surface area contributed by atoms with E-state index >= 15 is 0 Å². The van der Waals surface area contributed by atoms with Crippen molar-refractivity contribution in [3.05, 3.63) is 76.6 Å². The average Bonchev–Trinajstić information content (AvgIpc) is 2.93. The number of hydrogen-bond donors (Lipinski definition) is 2. The third-order valence-corrected chi connectivity index (χ3v) is 4.93. The van der Waals surface area contributed by atoms with Gasteiger partial charge in [0.15, 0.2) is 6.54 Å². The number of hydrogen-bond acceptors (Lipinski definition) is 2. The van der Waals surface area contributed by atoms with E-state index in [-0.39, 0.29) is 5.91 Å². The number of nitrogens with two attached hydrogens (primary N) is 1. The van der Waals surface area contributed by atoms with Crippen LogP contribution >= 0.6 is 0 Å². The predicted molar refractivity (Wildman–Crippen MR) is 104 cm³/mol. The number of amides is 1. The topological polar surface area (TPSA) is 63.9 Å². The molecule has 0 saturated heterocycles. The Morgan fingerprint density at radius 1 is 1.14 bits per heavy atom. The number of aromatic nitrogens is 2. The summed E-state index contributed by atoms with van der Waals surface area (Å²) in [7, 11) is 1.84. The molecule has 1 heterocycles. The lowest BCUT2D eigenvalue weighted by molar-refractivity contribution is -0.766. The largest absolute Gasteiger partial charge is 0.416 e. The zero-order valence-corrected chi connectivity index (χ0v) is 16.3. The maximum absolute atomic E-state index is 12.7. The number of benzene rings is 2. The molecule has 2 aromatic carbocycles. The molecule has 29 heavy (non-hydrogen) atoms. The van der Waals surface area contributed by atoms with Gasteiger partial charge in [0.25, 0.3) is 5.91 Å². The molecule has 3 rings (SSSR count). The second-order valence-corrected chi connectivity index (χ2v) is 6.97. The molecule has 152 valence electrons. The number of nitrogens with zero attached hydrogens (tertiary/aromatic N) is 2. The SMILES string of the molecule is Cc1cc(C[n+]2cc(C(=O)Nc3ccc(C(F)(F)F)cc3)c(C)n2C)ccc1N. The van der Waals surface area contributed by atoms with E-state index in [1.165, 1.54) is 12.1 Å². The van der Waals surface area contributed by atoms with Crippen LogP contribution in [0.5, 0.6) is 0 Å². The van der Waals surface area contributed by atoms with Crippen molar-refractivity contribution in [3.8, 4) is 0 Å². The van der Waals surface area contributed by atoms with E-state index in [9.17, 15) is 18.0 Å². The van der Waals surface area contributed by atoms with Crippen LogP contribution in [-0.4, -0.2) is 10.6 Å². The van der Waals surface area contributed by atoms with Crippen molar-refractivity contribution < 1.29 is 22.6 Å². The first-order valence-electron chi connectivity index (χ1n) is 8.96. The molecule has 0 atom stereocenters. The molecule has 0 saturated carbocycles. The molecule has 0 aliphatic heterocycles. The van der Waals surface area contributed by atoms with Gasteiger partial charge in [-0.15, -0.1) is 4.68 Å². The lowest BCUT2D eigenvalue weighted by Gasteiger charge is -2.08. The molecule has 0 spiro atoms. The molecule has 1 aromatic heterocycles. The van der Waals surface area contributed by atoms with Crippen molar-refractivity contribution in [3.63, 3.8) is 0 Å². The second-order valence-electron chi connectivity index (χ2n) is 6.97. The molecule has 3 N–H and O–H groups in total. The van der Waals surface area contributed by atoms with Crippen LogP contribution in [0, 0.1) is 13.8 Å². The number of nitrogens with one attached hydrogen (secondary N) is 1. The molecule has 0 fully saturated rings. The highest BCUT2D eigenvalue weighted by Crippen LogP contribution is 2.29. The molecule has 0 aliphatic carbocycles. The van der Waals surface area contributed by atoms with Crippen molar-refractivity contribution in [2.45, 2.75) is 26.6 Å². The van der Waals surface area contributed by atoms with Gasteiger partial charge in [-0.05, 0) is 55.8 Å². The first kappa shape index (κ1) is 20.4. The fourth-order valence-corrected chi connectivity index (χ4v) is 3.03. The quantitative estimate of drug-likeness (QED) is 0.514. The van der Waals surface area contributed by atoms with Gasteiger partial charge < -0.3 is 11.1 Å². The van der Waals surface area contributed by atoms with Crippen molar-refractivity contribution in [1.82, 2.24) is 4.68 Å². The summed E-state index contributed by atoms with van der Waals surface area (Å²) in [5.74, 6) is -0.384. The Morgan fingerprint density at radius 2 is 1.79 bits per heavy atom. The van der Waals surface area contributed by atoms with Crippen LogP contribution in [0.1, 0.15) is 32.7 Å². The highest BCUT2D eigenvalue weighted by molar-refractivity contribution is 6.04. The Labute approximate surface area is 166 Å². The van der Waals surface area contributed by atoms with E-state index in [4.69, 9.17) is 5.73 Å². The Bertz CT molecular complexity index is 1050. The molecule has 1 amide bonds. The summed E-state index contributed by atoms with van der Waals surface area (Å²) < 4.78 is 41.8. The van der Waals surface area contributed by atoms with Gasteiger partial charge in [0.2, 0.25) is 6.20 Å². The molecule has 0 aliphatic rings. The molecular formula is C21H22F3N4O+. The van der Waals surface area contributed by atoms with Crippen LogP contribution in [-0.2, 0) is 19.8 Å². The van der Waals surface area contributed by atoms with E-state index in [0.717, 1.165) is 34.6 Å². The van der Waals surface area contributed by atoms with Gasteiger partial charge >= 0.3 is 6.18 Å². The van der Waals surface area contributed by atoms with Gasteiger partial charge in [-0.1, -0.05) is 6.07 Å². The highest BCUT2D eigenvalue weighted by Gasteiger charge is 2.30. The standard InChI is InChI=1S/C21H21F3N4O/c1-13-10-15(4-9-19(13)25)11-28-12-18(14(2)27(28)3)20(29)26-17-7-5-16(6-8-17)21(22,23)24/h4-10,12H,11,25H2,1-3H3/p+1. The third-order valence-electron chi connectivity index (χ3n) is 4.93. The normalized spacial score (nSPS) is 11.5. The number of rotatable bonds is 4. The summed E-state index contributed by atoms with van der Waals surface area (Å²) >= 11 is 0. The van der Waals surface area contributed by atoms with Crippen LogP contribution in [0.2, 0.25) is 0 Å². The first-order valence-corrected chi connectivity index (χ1v) is 8.96. The second kappa shape index (κ2) is 7.62. The summed E-state index contributed by atoms with van der Waals surface area (Å²) in [4.78, 5) is 12.7. The molecule has 3 aromatic rings.